The van der Waals surface area contributed by atoms with Gasteiger partial charge in [-0.15, -0.1) is 0 Å². The van der Waals surface area contributed by atoms with Crippen molar-refractivity contribution in [3.8, 4) is 0 Å². The second-order valence-corrected chi connectivity index (χ2v) is 5.26. The maximum Gasteiger partial charge on any atom is 0.335 e. The lowest BCUT2D eigenvalue weighted by Crippen LogP contribution is -2.07. The predicted molar refractivity (Wildman–Crippen MR) is 76.3 cm³/mol. The van der Waals surface area contributed by atoms with Crippen LogP contribution in [0.5, 0.6) is 0 Å². The van der Waals surface area contributed by atoms with Crippen molar-refractivity contribution in [3.63, 3.8) is 0 Å². The molecular weight excluding hydrogens is 310 g/mol. The minimum atomic E-state index is -0.946. The summed E-state index contributed by atoms with van der Waals surface area (Å²) < 4.78 is 2.46. The minimum absolute atomic E-state index is 0.0460. The van der Waals surface area contributed by atoms with E-state index in [9.17, 15) is 4.79 Å². The van der Waals surface area contributed by atoms with Crippen molar-refractivity contribution in [3.05, 3.63) is 46.2 Å². The number of carbonyl (C=O) groups is 1. The number of aromatic nitrogens is 2. The van der Waals surface area contributed by atoms with Crippen molar-refractivity contribution >= 4 is 27.6 Å². The second kappa shape index (κ2) is 5.44. The number of hydrogen-bond donors (Lipinski definition) is 2. The van der Waals surface area contributed by atoms with Crippen LogP contribution in [0.15, 0.2) is 35.1 Å². The molecule has 0 aliphatic carbocycles. The van der Waals surface area contributed by atoms with E-state index in [1.807, 2.05) is 26.2 Å². The van der Waals surface area contributed by atoms with Crippen molar-refractivity contribution < 1.29 is 9.90 Å². The molecule has 1 heterocycles. The van der Waals surface area contributed by atoms with E-state index in [0.29, 0.717) is 0 Å². The molecule has 0 fully saturated rings. The standard InChI is InChI=1S/C13H14BrN3O2/c1-8(10-6-15-17(2)7-10)16-12-4-9(13(18)19)3-11(14)5-12/h3-8,16H,1-2H3,(H,18,19). The Morgan fingerprint density at radius 1 is 1.47 bits per heavy atom. The average molecular weight is 324 g/mol. The van der Waals surface area contributed by atoms with Crippen LogP contribution in [0.25, 0.3) is 0 Å². The van der Waals surface area contributed by atoms with Crippen LogP contribution in [-0.2, 0) is 7.05 Å². The number of nitrogens with one attached hydrogen (secondary N) is 1. The van der Waals surface area contributed by atoms with Gasteiger partial charge in [-0.25, -0.2) is 4.79 Å². The van der Waals surface area contributed by atoms with Crippen molar-refractivity contribution in [1.29, 1.82) is 0 Å². The molecule has 100 valence electrons. The van der Waals surface area contributed by atoms with E-state index in [1.165, 1.54) is 0 Å². The van der Waals surface area contributed by atoms with Gasteiger partial charge in [-0.1, -0.05) is 15.9 Å². The first-order valence-corrected chi connectivity index (χ1v) is 6.54. The molecule has 0 bridgehead atoms. The maximum absolute atomic E-state index is 11.0. The lowest BCUT2D eigenvalue weighted by atomic mass is 10.1. The van der Waals surface area contributed by atoms with Gasteiger partial charge in [0.25, 0.3) is 0 Å². The van der Waals surface area contributed by atoms with Crippen LogP contribution >= 0.6 is 15.9 Å². The summed E-state index contributed by atoms with van der Waals surface area (Å²) in [5, 5.41) is 16.4. The summed E-state index contributed by atoms with van der Waals surface area (Å²) in [6, 6.07) is 5.08. The molecule has 19 heavy (non-hydrogen) atoms. The predicted octanol–water partition coefficient (Wildman–Crippen LogP) is 3.05. The summed E-state index contributed by atoms with van der Waals surface area (Å²) in [5.74, 6) is -0.946. The number of benzene rings is 1. The summed E-state index contributed by atoms with van der Waals surface area (Å²) >= 11 is 3.31. The maximum atomic E-state index is 11.0. The first-order valence-electron chi connectivity index (χ1n) is 5.74. The lowest BCUT2D eigenvalue weighted by molar-refractivity contribution is 0.0697. The Balaban J connectivity index is 2.21. The molecule has 1 aromatic heterocycles. The fourth-order valence-electron chi connectivity index (χ4n) is 1.79. The van der Waals surface area contributed by atoms with Crippen LogP contribution in [0.4, 0.5) is 5.69 Å². The molecule has 0 spiro atoms. The molecule has 0 saturated carbocycles. The van der Waals surface area contributed by atoms with E-state index >= 15 is 0 Å². The van der Waals surface area contributed by atoms with E-state index < -0.39 is 5.97 Å². The normalized spacial score (nSPS) is 12.2. The number of aryl methyl sites for hydroxylation is 1. The zero-order valence-corrected chi connectivity index (χ0v) is 12.2. The molecule has 6 heteroatoms. The van der Waals surface area contributed by atoms with Gasteiger partial charge in [0.05, 0.1) is 17.8 Å². The van der Waals surface area contributed by atoms with Gasteiger partial charge < -0.3 is 10.4 Å². The van der Waals surface area contributed by atoms with E-state index in [-0.39, 0.29) is 11.6 Å². The molecule has 2 rings (SSSR count). The second-order valence-electron chi connectivity index (χ2n) is 4.35. The van der Waals surface area contributed by atoms with Crippen LogP contribution in [-0.4, -0.2) is 20.9 Å². The quantitative estimate of drug-likeness (QED) is 0.907. The molecule has 1 aromatic carbocycles. The van der Waals surface area contributed by atoms with Crippen LogP contribution in [0.3, 0.4) is 0 Å². The summed E-state index contributed by atoms with van der Waals surface area (Å²) in [6.45, 7) is 2.00. The number of halogens is 1. The first kappa shape index (κ1) is 13.6. The number of carboxylic acid groups (broad SMARTS) is 1. The highest BCUT2D eigenvalue weighted by Crippen LogP contribution is 2.24. The van der Waals surface area contributed by atoms with Gasteiger partial charge in [-0.05, 0) is 25.1 Å². The Morgan fingerprint density at radius 2 is 2.21 bits per heavy atom. The molecule has 0 saturated heterocycles. The third-order valence-corrected chi connectivity index (χ3v) is 3.21. The van der Waals surface area contributed by atoms with Crippen molar-refractivity contribution in [2.45, 2.75) is 13.0 Å². The highest BCUT2D eigenvalue weighted by molar-refractivity contribution is 9.10. The first-order chi connectivity index (χ1) is 8.95. The Kier molecular flexibility index (Phi) is 3.90. The number of hydrogen-bond acceptors (Lipinski definition) is 3. The zero-order valence-electron chi connectivity index (χ0n) is 10.6. The number of aromatic carboxylic acids is 1. The minimum Gasteiger partial charge on any atom is -0.478 e. The average Bonchev–Trinajstić information content (AvgIpc) is 2.75. The highest BCUT2D eigenvalue weighted by Gasteiger charge is 2.10. The van der Waals surface area contributed by atoms with Crippen LogP contribution < -0.4 is 5.32 Å². The van der Waals surface area contributed by atoms with Gasteiger partial charge >= 0.3 is 5.97 Å². The summed E-state index contributed by atoms with van der Waals surface area (Å²) in [6.07, 6.45) is 3.71. The van der Waals surface area contributed by atoms with Crippen molar-refractivity contribution in [2.24, 2.45) is 7.05 Å². The molecule has 0 aliphatic heterocycles. The summed E-state index contributed by atoms with van der Waals surface area (Å²) in [4.78, 5) is 11.0. The lowest BCUT2D eigenvalue weighted by Gasteiger charge is -2.14. The number of carboxylic acids is 1. The van der Waals surface area contributed by atoms with E-state index in [0.717, 1.165) is 15.7 Å². The fraction of sp³-hybridized carbons (Fsp3) is 0.231. The number of nitrogens with zero attached hydrogens (tertiary/aromatic N) is 2. The molecular formula is C13H14BrN3O2. The Bertz CT molecular complexity index is 610. The zero-order chi connectivity index (χ0) is 14.0. The molecule has 0 radical (unpaired) electrons. The van der Waals surface area contributed by atoms with Gasteiger partial charge in [0.2, 0.25) is 0 Å². The molecule has 5 nitrogen and oxygen atoms in total. The monoisotopic (exact) mass is 323 g/mol. The van der Waals surface area contributed by atoms with E-state index in [2.05, 4.69) is 26.3 Å². The van der Waals surface area contributed by atoms with Crippen molar-refractivity contribution in [1.82, 2.24) is 9.78 Å². The third kappa shape index (κ3) is 3.35. The number of rotatable bonds is 4. The van der Waals surface area contributed by atoms with Gasteiger partial charge in [0, 0.05) is 29.0 Å². The van der Waals surface area contributed by atoms with E-state index in [1.54, 1.807) is 23.0 Å². The topological polar surface area (TPSA) is 67.2 Å². The Morgan fingerprint density at radius 3 is 2.79 bits per heavy atom. The highest BCUT2D eigenvalue weighted by atomic mass is 79.9. The summed E-state index contributed by atoms with van der Waals surface area (Å²) in [5.41, 5.74) is 2.04. The van der Waals surface area contributed by atoms with Crippen LogP contribution in [0.2, 0.25) is 0 Å². The van der Waals surface area contributed by atoms with Crippen molar-refractivity contribution in [2.75, 3.05) is 5.32 Å². The molecule has 2 aromatic rings. The molecule has 2 N–H and O–H groups in total. The van der Waals surface area contributed by atoms with Gasteiger partial charge in [-0.2, -0.15) is 5.10 Å². The smallest absolute Gasteiger partial charge is 0.335 e. The molecule has 0 amide bonds. The fourth-order valence-corrected chi connectivity index (χ4v) is 2.29. The van der Waals surface area contributed by atoms with Gasteiger partial charge in [-0.3, -0.25) is 4.68 Å². The number of anilines is 1. The Hall–Kier alpha value is -1.82. The summed E-state index contributed by atoms with van der Waals surface area (Å²) in [7, 11) is 1.86. The largest absolute Gasteiger partial charge is 0.478 e. The van der Waals surface area contributed by atoms with Gasteiger partial charge in [0.15, 0.2) is 0 Å². The SMILES string of the molecule is CC(Nc1cc(Br)cc(C(=O)O)c1)c1cnn(C)c1. The van der Waals surface area contributed by atoms with Crippen LogP contribution in [0.1, 0.15) is 28.9 Å². The third-order valence-electron chi connectivity index (χ3n) is 2.75. The van der Waals surface area contributed by atoms with Crippen LogP contribution in [0, 0.1) is 0 Å². The molecule has 1 unspecified atom stereocenters. The molecule has 0 aliphatic rings. The molecule has 1 atom stereocenters. The van der Waals surface area contributed by atoms with E-state index in [4.69, 9.17) is 5.11 Å². The van der Waals surface area contributed by atoms with Gasteiger partial charge in [0.1, 0.15) is 0 Å². The Labute approximate surface area is 119 Å².